The summed E-state index contributed by atoms with van der Waals surface area (Å²) in [5, 5.41) is 17.6. The number of hydrogen-bond donors (Lipinski definition) is 2. The molecule has 2 N–H and O–H groups in total. The molecule has 0 aliphatic heterocycles. The van der Waals surface area contributed by atoms with E-state index >= 15 is 0 Å². The van der Waals surface area contributed by atoms with Gasteiger partial charge in [-0.15, -0.1) is 0 Å². The lowest BCUT2D eigenvalue weighted by molar-refractivity contribution is 0.146. The van der Waals surface area contributed by atoms with E-state index in [2.05, 4.69) is 0 Å². The Labute approximate surface area is 61.7 Å². The van der Waals surface area contributed by atoms with Gasteiger partial charge in [0.1, 0.15) is 0 Å². The number of hydrogen-bond acceptors (Lipinski definition) is 2. The van der Waals surface area contributed by atoms with Crippen molar-refractivity contribution in [1.82, 2.24) is 0 Å². The molecule has 0 fully saturated rings. The third-order valence-corrected chi connectivity index (χ3v) is 1.28. The Balaban J connectivity index is 3.17. The summed E-state index contributed by atoms with van der Waals surface area (Å²) in [5.41, 5.74) is -0.551. The van der Waals surface area contributed by atoms with E-state index in [1.165, 1.54) is 6.07 Å². The van der Waals surface area contributed by atoms with Gasteiger partial charge in [0.2, 0.25) is 0 Å². The van der Waals surface area contributed by atoms with Gasteiger partial charge in [-0.05, 0) is 12.1 Å². The third-order valence-electron chi connectivity index (χ3n) is 1.28. The first kappa shape index (κ1) is 7.78. The molecule has 0 unspecified atom stereocenters. The van der Waals surface area contributed by atoms with E-state index in [4.69, 9.17) is 10.2 Å². The van der Waals surface area contributed by atoms with E-state index in [0.29, 0.717) is 0 Å². The van der Waals surface area contributed by atoms with Crippen molar-refractivity contribution in [2.45, 2.75) is 6.43 Å². The summed E-state index contributed by atoms with van der Waals surface area (Å²) in [4.78, 5) is 0. The molecule has 0 amide bonds. The summed E-state index contributed by atoms with van der Waals surface area (Å²) in [6.45, 7) is 0. The number of rotatable bonds is 1. The SMILES string of the molecule is Oc1cccc(C(F)F)c1O. The molecule has 0 radical (unpaired) electrons. The number of phenols is 2. The molecule has 0 aromatic heterocycles. The highest BCUT2D eigenvalue weighted by Gasteiger charge is 2.14. The second kappa shape index (κ2) is 2.74. The highest BCUT2D eigenvalue weighted by atomic mass is 19.3. The maximum atomic E-state index is 11.9. The summed E-state index contributed by atoms with van der Waals surface area (Å²) in [5.74, 6) is -1.27. The molecular formula is C7H6F2O2. The Morgan fingerprint density at radius 3 is 2.27 bits per heavy atom. The molecular weight excluding hydrogens is 154 g/mol. The van der Waals surface area contributed by atoms with Crippen LogP contribution in [0.5, 0.6) is 11.5 Å². The van der Waals surface area contributed by atoms with E-state index in [9.17, 15) is 8.78 Å². The molecule has 0 aliphatic carbocycles. The van der Waals surface area contributed by atoms with Crippen LogP contribution in [0.1, 0.15) is 12.0 Å². The molecule has 1 rings (SSSR count). The molecule has 11 heavy (non-hydrogen) atoms. The predicted molar refractivity (Wildman–Crippen MR) is 34.7 cm³/mol. The van der Waals surface area contributed by atoms with Crippen LogP contribution in [-0.2, 0) is 0 Å². The molecule has 0 bridgehead atoms. The first-order chi connectivity index (χ1) is 5.13. The smallest absolute Gasteiger partial charge is 0.267 e. The second-order valence-electron chi connectivity index (χ2n) is 2.02. The van der Waals surface area contributed by atoms with Crippen molar-refractivity contribution in [1.29, 1.82) is 0 Å². The molecule has 60 valence electrons. The van der Waals surface area contributed by atoms with Gasteiger partial charge in [0.05, 0.1) is 5.56 Å². The average molecular weight is 160 g/mol. The largest absolute Gasteiger partial charge is 0.504 e. The molecule has 0 aliphatic rings. The number of halogens is 2. The molecule has 1 aromatic carbocycles. The van der Waals surface area contributed by atoms with E-state index in [-0.39, 0.29) is 0 Å². The second-order valence-corrected chi connectivity index (χ2v) is 2.02. The Hall–Kier alpha value is -1.32. The van der Waals surface area contributed by atoms with Crippen molar-refractivity contribution in [3.63, 3.8) is 0 Å². The van der Waals surface area contributed by atoms with Gasteiger partial charge in [-0.3, -0.25) is 0 Å². The molecule has 0 atom stereocenters. The highest BCUT2D eigenvalue weighted by molar-refractivity contribution is 5.44. The molecule has 4 heteroatoms. The molecule has 0 saturated carbocycles. The van der Waals surface area contributed by atoms with Crippen molar-refractivity contribution in [3.8, 4) is 11.5 Å². The third kappa shape index (κ3) is 1.39. The van der Waals surface area contributed by atoms with Crippen molar-refractivity contribution in [2.24, 2.45) is 0 Å². The van der Waals surface area contributed by atoms with E-state index < -0.39 is 23.5 Å². The predicted octanol–water partition coefficient (Wildman–Crippen LogP) is 2.04. The quantitative estimate of drug-likeness (QED) is 0.617. The van der Waals surface area contributed by atoms with Gasteiger partial charge in [0.15, 0.2) is 11.5 Å². The normalized spacial score (nSPS) is 10.5. The van der Waals surface area contributed by atoms with Gasteiger partial charge in [0.25, 0.3) is 6.43 Å². The number of alkyl halides is 2. The van der Waals surface area contributed by atoms with Crippen molar-refractivity contribution in [3.05, 3.63) is 23.8 Å². The summed E-state index contributed by atoms with van der Waals surface area (Å²) >= 11 is 0. The lowest BCUT2D eigenvalue weighted by Crippen LogP contribution is -1.84. The maximum absolute atomic E-state index is 11.9. The Kier molecular flexibility index (Phi) is 1.94. The molecule has 0 spiro atoms. The van der Waals surface area contributed by atoms with Crippen LogP contribution in [0.15, 0.2) is 18.2 Å². The fourth-order valence-electron chi connectivity index (χ4n) is 0.725. The van der Waals surface area contributed by atoms with Gasteiger partial charge < -0.3 is 10.2 Å². The number of phenolic OH excluding ortho intramolecular Hbond substituents is 2. The van der Waals surface area contributed by atoms with Gasteiger partial charge >= 0.3 is 0 Å². The van der Waals surface area contributed by atoms with Gasteiger partial charge in [-0.2, -0.15) is 0 Å². The average Bonchev–Trinajstić information content (AvgIpc) is 1.94. The van der Waals surface area contributed by atoms with Crippen molar-refractivity contribution >= 4 is 0 Å². The Morgan fingerprint density at radius 2 is 1.82 bits per heavy atom. The zero-order valence-electron chi connectivity index (χ0n) is 5.46. The number of para-hydroxylation sites is 1. The van der Waals surface area contributed by atoms with E-state index in [1.807, 2.05) is 0 Å². The topological polar surface area (TPSA) is 40.5 Å². The van der Waals surface area contributed by atoms with Crippen LogP contribution in [0.2, 0.25) is 0 Å². The van der Waals surface area contributed by atoms with Crippen LogP contribution in [0, 0.1) is 0 Å². The maximum Gasteiger partial charge on any atom is 0.267 e. The minimum atomic E-state index is -2.76. The highest BCUT2D eigenvalue weighted by Crippen LogP contribution is 2.34. The monoisotopic (exact) mass is 160 g/mol. The Morgan fingerprint density at radius 1 is 1.18 bits per heavy atom. The van der Waals surface area contributed by atoms with E-state index in [0.717, 1.165) is 12.1 Å². The summed E-state index contributed by atoms with van der Waals surface area (Å²) in [6.07, 6.45) is -2.76. The van der Waals surface area contributed by atoms with E-state index in [1.54, 1.807) is 0 Å². The first-order valence-corrected chi connectivity index (χ1v) is 2.92. The van der Waals surface area contributed by atoms with Crippen LogP contribution in [0.4, 0.5) is 8.78 Å². The van der Waals surface area contributed by atoms with Gasteiger partial charge in [0, 0.05) is 0 Å². The fourth-order valence-corrected chi connectivity index (χ4v) is 0.725. The zero-order chi connectivity index (χ0) is 8.43. The lowest BCUT2D eigenvalue weighted by Gasteiger charge is -2.03. The van der Waals surface area contributed by atoms with Crippen molar-refractivity contribution < 1.29 is 19.0 Å². The Bertz CT molecular complexity index is 261. The van der Waals surface area contributed by atoms with Crippen LogP contribution < -0.4 is 0 Å². The van der Waals surface area contributed by atoms with Gasteiger partial charge in [-0.1, -0.05) is 6.07 Å². The van der Waals surface area contributed by atoms with Crippen LogP contribution in [-0.4, -0.2) is 10.2 Å². The van der Waals surface area contributed by atoms with Gasteiger partial charge in [-0.25, -0.2) is 8.78 Å². The lowest BCUT2D eigenvalue weighted by atomic mass is 10.2. The molecule has 2 nitrogen and oxygen atoms in total. The number of aromatic hydroxyl groups is 2. The molecule has 0 saturated heterocycles. The fraction of sp³-hybridized carbons (Fsp3) is 0.143. The van der Waals surface area contributed by atoms with Crippen LogP contribution >= 0.6 is 0 Å². The first-order valence-electron chi connectivity index (χ1n) is 2.92. The summed E-state index contributed by atoms with van der Waals surface area (Å²) in [6, 6.07) is 3.44. The summed E-state index contributed by atoms with van der Waals surface area (Å²) in [7, 11) is 0. The molecule has 0 heterocycles. The molecule has 1 aromatic rings. The van der Waals surface area contributed by atoms with Crippen LogP contribution in [0.25, 0.3) is 0 Å². The van der Waals surface area contributed by atoms with Crippen LogP contribution in [0.3, 0.4) is 0 Å². The summed E-state index contributed by atoms with van der Waals surface area (Å²) < 4.78 is 23.9. The standard InChI is InChI=1S/C7H6F2O2/c8-7(9)4-2-1-3-5(10)6(4)11/h1-3,7,10-11H. The number of benzene rings is 1. The zero-order valence-corrected chi connectivity index (χ0v) is 5.46. The minimum Gasteiger partial charge on any atom is -0.504 e. The van der Waals surface area contributed by atoms with Crippen molar-refractivity contribution in [2.75, 3.05) is 0 Å². The minimum absolute atomic E-state index is 0.525.